The van der Waals surface area contributed by atoms with Gasteiger partial charge in [-0.1, -0.05) is 40.0 Å². The Morgan fingerprint density at radius 3 is 2.17 bits per heavy atom. The van der Waals surface area contributed by atoms with Gasteiger partial charge in [-0.2, -0.15) is 0 Å². The van der Waals surface area contributed by atoms with Crippen LogP contribution in [0.4, 0.5) is 0 Å². The van der Waals surface area contributed by atoms with E-state index in [2.05, 4.69) is 34.6 Å². The molecule has 106 valence electrons. The zero-order chi connectivity index (χ0) is 13.4. The molecule has 1 aliphatic heterocycles. The second-order valence-corrected chi connectivity index (χ2v) is 7.66. The first-order chi connectivity index (χ1) is 8.30. The van der Waals surface area contributed by atoms with Crippen LogP contribution in [0.15, 0.2) is 0 Å². The lowest BCUT2D eigenvalue weighted by atomic mass is 9.70. The molecule has 0 amide bonds. The second-order valence-electron chi connectivity index (χ2n) is 7.66. The fourth-order valence-electron chi connectivity index (χ4n) is 3.46. The summed E-state index contributed by atoms with van der Waals surface area (Å²) in [5, 5.41) is 0. The second kappa shape index (κ2) is 5.13. The fraction of sp³-hybridized carbons (Fsp3) is 1.00. The van der Waals surface area contributed by atoms with E-state index in [4.69, 9.17) is 9.47 Å². The van der Waals surface area contributed by atoms with Crippen molar-refractivity contribution in [3.63, 3.8) is 0 Å². The van der Waals surface area contributed by atoms with Crippen molar-refractivity contribution >= 4 is 0 Å². The Morgan fingerprint density at radius 1 is 1.00 bits per heavy atom. The lowest BCUT2D eigenvalue weighted by Gasteiger charge is -2.49. The average molecular weight is 254 g/mol. The van der Waals surface area contributed by atoms with Crippen LogP contribution in [0, 0.1) is 17.3 Å². The lowest BCUT2D eigenvalue weighted by molar-refractivity contribution is -0.315. The third kappa shape index (κ3) is 3.27. The van der Waals surface area contributed by atoms with E-state index in [9.17, 15) is 0 Å². The van der Waals surface area contributed by atoms with Gasteiger partial charge in [-0.15, -0.1) is 0 Å². The van der Waals surface area contributed by atoms with Gasteiger partial charge < -0.3 is 9.47 Å². The van der Waals surface area contributed by atoms with Crippen molar-refractivity contribution in [1.29, 1.82) is 0 Å². The summed E-state index contributed by atoms with van der Waals surface area (Å²) in [4.78, 5) is 0. The van der Waals surface area contributed by atoms with Crippen molar-refractivity contribution < 1.29 is 9.47 Å². The van der Waals surface area contributed by atoms with E-state index in [0.717, 1.165) is 12.5 Å². The molecule has 0 aromatic rings. The maximum atomic E-state index is 6.33. The van der Waals surface area contributed by atoms with E-state index in [1.807, 2.05) is 0 Å². The standard InChI is InChI=1S/C16H30O2/c1-15(2,3)13-11-17-16(4,5)18-14(13)12-9-7-6-8-10-12/h12-14H,6-11H2,1-5H3. The first-order valence-electron chi connectivity index (χ1n) is 7.61. The number of ether oxygens (including phenoxy) is 2. The SMILES string of the molecule is CC1(C)OCC(C(C)(C)C)C(C2CCCCC2)O1. The van der Waals surface area contributed by atoms with E-state index in [1.165, 1.54) is 32.1 Å². The molecule has 2 fully saturated rings. The third-order valence-electron chi connectivity index (χ3n) is 4.65. The minimum atomic E-state index is -0.399. The molecule has 1 heterocycles. The molecule has 2 heteroatoms. The van der Waals surface area contributed by atoms with Gasteiger partial charge in [0.05, 0.1) is 12.7 Å². The fourth-order valence-corrected chi connectivity index (χ4v) is 3.46. The van der Waals surface area contributed by atoms with Gasteiger partial charge in [-0.05, 0) is 38.0 Å². The van der Waals surface area contributed by atoms with Crippen molar-refractivity contribution in [2.24, 2.45) is 17.3 Å². The molecule has 0 spiro atoms. The topological polar surface area (TPSA) is 18.5 Å². The Balaban J connectivity index is 2.13. The van der Waals surface area contributed by atoms with Crippen molar-refractivity contribution in [2.75, 3.05) is 6.61 Å². The molecule has 2 nitrogen and oxygen atoms in total. The largest absolute Gasteiger partial charge is 0.350 e. The van der Waals surface area contributed by atoms with Gasteiger partial charge in [0, 0.05) is 5.92 Å². The van der Waals surface area contributed by atoms with E-state index in [1.54, 1.807) is 0 Å². The molecule has 2 aliphatic rings. The van der Waals surface area contributed by atoms with Gasteiger partial charge in [0.1, 0.15) is 0 Å². The maximum absolute atomic E-state index is 6.33. The Labute approximate surface area is 112 Å². The number of hydrogen-bond acceptors (Lipinski definition) is 2. The highest BCUT2D eigenvalue weighted by atomic mass is 16.7. The van der Waals surface area contributed by atoms with Gasteiger partial charge in [-0.25, -0.2) is 0 Å². The van der Waals surface area contributed by atoms with E-state index in [0.29, 0.717) is 12.0 Å². The Morgan fingerprint density at radius 2 is 1.61 bits per heavy atom. The minimum absolute atomic E-state index is 0.263. The molecular weight excluding hydrogens is 224 g/mol. The summed E-state index contributed by atoms with van der Waals surface area (Å²) in [6.45, 7) is 11.9. The summed E-state index contributed by atoms with van der Waals surface area (Å²) < 4.78 is 12.2. The Hall–Kier alpha value is -0.0800. The van der Waals surface area contributed by atoms with Gasteiger partial charge in [0.15, 0.2) is 5.79 Å². The van der Waals surface area contributed by atoms with Crippen LogP contribution >= 0.6 is 0 Å². The normalized spacial score (nSPS) is 34.5. The minimum Gasteiger partial charge on any atom is -0.350 e. The van der Waals surface area contributed by atoms with Crippen LogP contribution in [-0.2, 0) is 9.47 Å². The number of rotatable bonds is 1. The molecule has 0 radical (unpaired) electrons. The summed E-state index contributed by atoms with van der Waals surface area (Å²) in [5.74, 6) is 0.865. The van der Waals surface area contributed by atoms with Crippen LogP contribution in [0.2, 0.25) is 0 Å². The first-order valence-corrected chi connectivity index (χ1v) is 7.61. The summed E-state index contributed by atoms with van der Waals surface area (Å²) in [7, 11) is 0. The first kappa shape index (κ1) is 14.3. The van der Waals surface area contributed by atoms with Crippen molar-refractivity contribution in [2.45, 2.75) is 78.6 Å². The Bertz CT molecular complexity index is 271. The van der Waals surface area contributed by atoms with E-state index in [-0.39, 0.29) is 5.41 Å². The molecule has 0 N–H and O–H groups in total. The maximum Gasteiger partial charge on any atom is 0.163 e. The van der Waals surface area contributed by atoms with Crippen molar-refractivity contribution in [3.8, 4) is 0 Å². The van der Waals surface area contributed by atoms with Crippen LogP contribution < -0.4 is 0 Å². The molecule has 1 aliphatic carbocycles. The molecule has 0 aromatic carbocycles. The molecule has 2 rings (SSSR count). The zero-order valence-electron chi connectivity index (χ0n) is 12.8. The predicted octanol–water partition coefficient (Wildman–Crippen LogP) is 4.38. The third-order valence-corrected chi connectivity index (χ3v) is 4.65. The van der Waals surface area contributed by atoms with Gasteiger partial charge in [0.2, 0.25) is 0 Å². The molecule has 0 aromatic heterocycles. The van der Waals surface area contributed by atoms with E-state index >= 15 is 0 Å². The highest BCUT2D eigenvalue weighted by molar-refractivity contribution is 4.90. The van der Waals surface area contributed by atoms with Crippen LogP contribution in [0.1, 0.15) is 66.7 Å². The molecule has 18 heavy (non-hydrogen) atoms. The average Bonchev–Trinajstić information content (AvgIpc) is 2.27. The quantitative estimate of drug-likeness (QED) is 0.691. The molecule has 1 saturated carbocycles. The summed E-state index contributed by atoms with van der Waals surface area (Å²) in [5.41, 5.74) is 0.263. The molecule has 0 bridgehead atoms. The predicted molar refractivity (Wildman–Crippen MR) is 74.4 cm³/mol. The highest BCUT2D eigenvalue weighted by Crippen LogP contribution is 2.43. The monoisotopic (exact) mass is 254 g/mol. The van der Waals surface area contributed by atoms with Gasteiger partial charge >= 0.3 is 0 Å². The highest BCUT2D eigenvalue weighted by Gasteiger charge is 2.45. The van der Waals surface area contributed by atoms with Crippen LogP contribution in [-0.4, -0.2) is 18.5 Å². The smallest absolute Gasteiger partial charge is 0.163 e. The van der Waals surface area contributed by atoms with Crippen molar-refractivity contribution in [1.82, 2.24) is 0 Å². The van der Waals surface area contributed by atoms with E-state index < -0.39 is 5.79 Å². The van der Waals surface area contributed by atoms with Crippen LogP contribution in [0.3, 0.4) is 0 Å². The van der Waals surface area contributed by atoms with Crippen LogP contribution in [0.25, 0.3) is 0 Å². The van der Waals surface area contributed by atoms with Crippen LogP contribution in [0.5, 0.6) is 0 Å². The zero-order valence-corrected chi connectivity index (χ0v) is 12.8. The number of hydrogen-bond donors (Lipinski definition) is 0. The van der Waals surface area contributed by atoms with Gasteiger partial charge in [-0.3, -0.25) is 0 Å². The summed E-state index contributed by atoms with van der Waals surface area (Å²) in [6.07, 6.45) is 7.23. The van der Waals surface area contributed by atoms with Gasteiger partial charge in [0.25, 0.3) is 0 Å². The molecule has 1 saturated heterocycles. The molecule has 2 unspecified atom stereocenters. The summed E-state index contributed by atoms with van der Waals surface area (Å²) >= 11 is 0. The lowest BCUT2D eigenvalue weighted by Crippen LogP contribution is -2.52. The molecule has 2 atom stereocenters. The Kier molecular flexibility index (Phi) is 4.08. The molecular formula is C16H30O2. The summed E-state index contributed by atoms with van der Waals surface area (Å²) in [6, 6.07) is 0. The van der Waals surface area contributed by atoms with Crippen molar-refractivity contribution in [3.05, 3.63) is 0 Å².